The predicted octanol–water partition coefficient (Wildman–Crippen LogP) is 4.15. The van der Waals surface area contributed by atoms with Gasteiger partial charge in [0.1, 0.15) is 6.07 Å². The first-order valence-electron chi connectivity index (χ1n) is 6.98. The lowest BCUT2D eigenvalue weighted by Crippen LogP contribution is -2.30. The number of halogens is 2. The molecule has 1 amide bonds. The molecule has 0 radical (unpaired) electrons. The Bertz CT molecular complexity index is 756. The summed E-state index contributed by atoms with van der Waals surface area (Å²) in [5.74, 6) is -0.252. The zero-order chi connectivity index (χ0) is 16.8. The highest BCUT2D eigenvalue weighted by Crippen LogP contribution is 2.20. The fraction of sp³-hybridized carbons (Fsp3) is 0.176. The number of hydrogen-bond acceptors (Lipinski definition) is 3. The molecule has 23 heavy (non-hydrogen) atoms. The second-order valence-electron chi connectivity index (χ2n) is 5.01. The number of rotatable bonds is 5. The first-order chi connectivity index (χ1) is 11.0. The van der Waals surface area contributed by atoms with E-state index in [0.717, 1.165) is 5.56 Å². The van der Waals surface area contributed by atoms with E-state index in [0.29, 0.717) is 21.3 Å². The van der Waals surface area contributed by atoms with Crippen LogP contribution in [0.4, 0.5) is 5.69 Å². The molecule has 0 spiro atoms. The summed E-state index contributed by atoms with van der Waals surface area (Å²) < 4.78 is 0. The van der Waals surface area contributed by atoms with Gasteiger partial charge in [-0.2, -0.15) is 5.26 Å². The first kappa shape index (κ1) is 17.3. The Morgan fingerprint density at radius 3 is 2.65 bits per heavy atom. The molecule has 2 aromatic carbocycles. The van der Waals surface area contributed by atoms with E-state index in [-0.39, 0.29) is 18.5 Å². The van der Waals surface area contributed by atoms with E-state index in [4.69, 9.17) is 28.5 Å². The standard InChI is InChI=1S/C17H15Cl2N3O/c1-11(12-3-2-4-14(18)7-12)21-10-17(23)22-16-8-15(19)6-5-13(16)9-20/h2-8,11,21H,10H2,1H3,(H,22,23)/t11-/m0/s1. The summed E-state index contributed by atoms with van der Waals surface area (Å²) in [6.45, 7) is 2.05. The Kier molecular flexibility index (Phi) is 6.00. The van der Waals surface area contributed by atoms with Crippen molar-refractivity contribution in [1.29, 1.82) is 5.26 Å². The minimum atomic E-state index is -0.252. The van der Waals surface area contributed by atoms with E-state index in [9.17, 15) is 4.79 Å². The number of nitrogens with one attached hydrogen (secondary N) is 2. The van der Waals surface area contributed by atoms with Crippen LogP contribution < -0.4 is 10.6 Å². The van der Waals surface area contributed by atoms with Gasteiger partial charge in [-0.05, 0) is 42.8 Å². The zero-order valence-electron chi connectivity index (χ0n) is 12.4. The summed E-state index contributed by atoms with van der Waals surface area (Å²) in [4.78, 5) is 12.0. The smallest absolute Gasteiger partial charge is 0.238 e. The summed E-state index contributed by atoms with van der Waals surface area (Å²) in [6.07, 6.45) is 0. The molecule has 0 aliphatic heterocycles. The van der Waals surface area contributed by atoms with E-state index < -0.39 is 0 Å². The van der Waals surface area contributed by atoms with Crippen LogP contribution in [0.25, 0.3) is 0 Å². The summed E-state index contributed by atoms with van der Waals surface area (Å²) in [7, 11) is 0. The van der Waals surface area contributed by atoms with Crippen molar-refractivity contribution >= 4 is 34.8 Å². The molecule has 118 valence electrons. The van der Waals surface area contributed by atoms with Crippen molar-refractivity contribution in [2.24, 2.45) is 0 Å². The van der Waals surface area contributed by atoms with Crippen molar-refractivity contribution in [2.45, 2.75) is 13.0 Å². The van der Waals surface area contributed by atoms with Crippen LogP contribution in [0.3, 0.4) is 0 Å². The predicted molar refractivity (Wildman–Crippen MR) is 92.7 cm³/mol. The Hall–Kier alpha value is -2.06. The highest BCUT2D eigenvalue weighted by Gasteiger charge is 2.10. The van der Waals surface area contributed by atoms with E-state index in [1.165, 1.54) is 0 Å². The maximum atomic E-state index is 12.0. The molecule has 0 saturated carbocycles. The third-order valence-corrected chi connectivity index (χ3v) is 3.76. The average molecular weight is 348 g/mol. The van der Waals surface area contributed by atoms with Crippen molar-refractivity contribution in [3.63, 3.8) is 0 Å². The monoisotopic (exact) mass is 347 g/mol. The van der Waals surface area contributed by atoms with Gasteiger partial charge in [-0.25, -0.2) is 0 Å². The Morgan fingerprint density at radius 2 is 1.96 bits per heavy atom. The molecular weight excluding hydrogens is 333 g/mol. The van der Waals surface area contributed by atoms with Crippen LogP contribution >= 0.6 is 23.2 Å². The van der Waals surface area contributed by atoms with E-state index in [2.05, 4.69) is 10.6 Å². The van der Waals surface area contributed by atoms with Crippen molar-refractivity contribution < 1.29 is 4.79 Å². The van der Waals surface area contributed by atoms with Gasteiger partial charge in [0.25, 0.3) is 0 Å². The molecule has 6 heteroatoms. The van der Waals surface area contributed by atoms with E-state index in [1.54, 1.807) is 24.3 Å². The van der Waals surface area contributed by atoms with E-state index >= 15 is 0 Å². The van der Waals surface area contributed by atoms with Gasteiger partial charge in [0, 0.05) is 16.1 Å². The Morgan fingerprint density at radius 1 is 1.22 bits per heavy atom. The van der Waals surface area contributed by atoms with Crippen LogP contribution in [0, 0.1) is 11.3 Å². The molecular formula is C17H15Cl2N3O. The largest absolute Gasteiger partial charge is 0.324 e. The lowest BCUT2D eigenvalue weighted by molar-refractivity contribution is -0.115. The summed E-state index contributed by atoms with van der Waals surface area (Å²) in [5, 5.41) is 15.9. The van der Waals surface area contributed by atoms with E-state index in [1.807, 2.05) is 31.2 Å². The molecule has 2 aromatic rings. The lowest BCUT2D eigenvalue weighted by Gasteiger charge is -2.15. The highest BCUT2D eigenvalue weighted by molar-refractivity contribution is 6.31. The number of carbonyl (C=O) groups excluding carboxylic acids is 1. The normalized spacial score (nSPS) is 11.6. The zero-order valence-corrected chi connectivity index (χ0v) is 13.9. The minimum Gasteiger partial charge on any atom is -0.324 e. The van der Waals surface area contributed by atoms with Crippen LogP contribution in [0.5, 0.6) is 0 Å². The number of amides is 1. The fourth-order valence-corrected chi connectivity index (χ4v) is 2.42. The van der Waals surface area contributed by atoms with Gasteiger partial charge in [-0.15, -0.1) is 0 Å². The number of nitriles is 1. The van der Waals surface area contributed by atoms with Gasteiger partial charge in [0.15, 0.2) is 0 Å². The van der Waals surface area contributed by atoms with Crippen LogP contribution in [-0.4, -0.2) is 12.5 Å². The molecule has 0 bridgehead atoms. The topological polar surface area (TPSA) is 64.9 Å². The van der Waals surface area contributed by atoms with Crippen molar-refractivity contribution in [3.05, 3.63) is 63.6 Å². The summed E-state index contributed by atoms with van der Waals surface area (Å²) in [6, 6.07) is 14.2. The highest BCUT2D eigenvalue weighted by atomic mass is 35.5. The third kappa shape index (κ3) is 4.97. The molecule has 4 nitrogen and oxygen atoms in total. The number of nitrogens with zero attached hydrogens (tertiary/aromatic N) is 1. The van der Waals surface area contributed by atoms with Gasteiger partial charge in [0.2, 0.25) is 5.91 Å². The second-order valence-corrected chi connectivity index (χ2v) is 5.88. The molecule has 0 aromatic heterocycles. The molecule has 0 aliphatic carbocycles. The second kappa shape index (κ2) is 7.98. The molecule has 1 atom stereocenters. The van der Waals surface area contributed by atoms with Crippen molar-refractivity contribution in [2.75, 3.05) is 11.9 Å². The third-order valence-electron chi connectivity index (χ3n) is 3.29. The maximum absolute atomic E-state index is 12.0. The summed E-state index contributed by atoms with van der Waals surface area (Å²) in [5.41, 5.74) is 1.76. The van der Waals surface area contributed by atoms with Gasteiger partial charge in [-0.1, -0.05) is 35.3 Å². The molecule has 0 saturated heterocycles. The number of hydrogen-bond donors (Lipinski definition) is 2. The molecule has 0 fully saturated rings. The molecule has 0 unspecified atom stereocenters. The van der Waals surface area contributed by atoms with Crippen molar-refractivity contribution in [3.8, 4) is 6.07 Å². The lowest BCUT2D eigenvalue weighted by atomic mass is 10.1. The Balaban J connectivity index is 1.95. The summed E-state index contributed by atoms with van der Waals surface area (Å²) >= 11 is 11.8. The molecule has 2 rings (SSSR count). The van der Waals surface area contributed by atoms with Gasteiger partial charge < -0.3 is 10.6 Å². The van der Waals surface area contributed by atoms with Crippen molar-refractivity contribution in [1.82, 2.24) is 5.32 Å². The van der Waals surface area contributed by atoms with Gasteiger partial charge >= 0.3 is 0 Å². The van der Waals surface area contributed by atoms with Gasteiger partial charge in [-0.3, -0.25) is 4.79 Å². The molecule has 0 aliphatic rings. The van der Waals surface area contributed by atoms with Crippen LogP contribution in [0.15, 0.2) is 42.5 Å². The van der Waals surface area contributed by atoms with Crippen LogP contribution in [0.1, 0.15) is 24.1 Å². The number of carbonyl (C=O) groups is 1. The van der Waals surface area contributed by atoms with Crippen LogP contribution in [0.2, 0.25) is 10.0 Å². The fourth-order valence-electron chi connectivity index (χ4n) is 2.05. The Labute approximate surface area is 145 Å². The average Bonchev–Trinajstić information content (AvgIpc) is 2.53. The number of anilines is 1. The minimum absolute atomic E-state index is 0.0331. The molecule has 2 N–H and O–H groups in total. The SMILES string of the molecule is C[C@H](NCC(=O)Nc1cc(Cl)ccc1C#N)c1cccc(Cl)c1. The van der Waals surface area contributed by atoms with Gasteiger partial charge in [0.05, 0.1) is 17.8 Å². The maximum Gasteiger partial charge on any atom is 0.238 e. The number of benzene rings is 2. The van der Waals surface area contributed by atoms with Crippen LogP contribution in [-0.2, 0) is 4.79 Å². The molecule has 0 heterocycles. The first-order valence-corrected chi connectivity index (χ1v) is 7.73. The quantitative estimate of drug-likeness (QED) is 0.853.